The van der Waals surface area contributed by atoms with Gasteiger partial charge in [-0.25, -0.2) is 0 Å². The number of fused-ring (bicyclic) bond motifs is 1. The summed E-state index contributed by atoms with van der Waals surface area (Å²) in [5.41, 5.74) is 2.42. The minimum atomic E-state index is -0.157. The Balaban J connectivity index is 1.47. The van der Waals surface area contributed by atoms with Gasteiger partial charge < -0.3 is 10.1 Å². The van der Waals surface area contributed by atoms with Gasteiger partial charge in [-0.3, -0.25) is 9.48 Å². The lowest BCUT2D eigenvalue weighted by molar-refractivity contribution is 0.102. The molecule has 2 aromatic rings. The molecular formula is C17H19N3O2. The highest BCUT2D eigenvalue weighted by molar-refractivity contribution is 6.02. The van der Waals surface area contributed by atoms with Crippen molar-refractivity contribution >= 4 is 11.6 Å². The molecule has 5 heteroatoms. The van der Waals surface area contributed by atoms with Gasteiger partial charge in [0.25, 0.3) is 5.91 Å². The zero-order valence-electron chi connectivity index (χ0n) is 12.4. The number of amides is 1. The fourth-order valence-electron chi connectivity index (χ4n) is 3.29. The van der Waals surface area contributed by atoms with Crippen LogP contribution in [-0.2, 0) is 6.42 Å². The summed E-state index contributed by atoms with van der Waals surface area (Å²) in [5, 5.41) is 7.36. The monoisotopic (exact) mass is 297 g/mol. The van der Waals surface area contributed by atoms with Gasteiger partial charge in [0.2, 0.25) is 0 Å². The van der Waals surface area contributed by atoms with Crippen LogP contribution in [-0.4, -0.2) is 22.3 Å². The summed E-state index contributed by atoms with van der Waals surface area (Å²) >= 11 is 0. The van der Waals surface area contributed by atoms with E-state index in [0.717, 1.165) is 42.9 Å². The van der Waals surface area contributed by atoms with E-state index in [9.17, 15) is 4.79 Å². The summed E-state index contributed by atoms with van der Waals surface area (Å²) in [6.07, 6.45) is 7.64. The van der Waals surface area contributed by atoms with E-state index in [1.165, 1.54) is 12.8 Å². The Labute approximate surface area is 129 Å². The molecule has 0 unspecified atom stereocenters. The Morgan fingerprint density at radius 2 is 2.14 bits per heavy atom. The molecule has 0 bridgehead atoms. The molecule has 1 fully saturated rings. The van der Waals surface area contributed by atoms with Gasteiger partial charge in [-0.1, -0.05) is 12.8 Å². The standard InChI is InChI=1S/C17H19N3O2/c21-17(15-7-9-20(19-15)14-3-1-2-4-14)18-13-5-6-16-12(11-13)8-10-22-16/h5-7,9,11,14H,1-4,8,10H2,(H,18,21). The van der Waals surface area contributed by atoms with Crippen LogP contribution in [0.3, 0.4) is 0 Å². The third-order valence-electron chi connectivity index (χ3n) is 4.49. The lowest BCUT2D eigenvalue weighted by Crippen LogP contribution is -2.14. The van der Waals surface area contributed by atoms with Crippen molar-refractivity contribution in [2.45, 2.75) is 38.1 Å². The van der Waals surface area contributed by atoms with Crippen LogP contribution in [0.2, 0.25) is 0 Å². The van der Waals surface area contributed by atoms with Crippen LogP contribution in [0.5, 0.6) is 5.75 Å². The molecule has 22 heavy (non-hydrogen) atoms. The maximum Gasteiger partial charge on any atom is 0.276 e. The highest BCUT2D eigenvalue weighted by atomic mass is 16.5. The summed E-state index contributed by atoms with van der Waals surface area (Å²) in [7, 11) is 0. The Kier molecular flexibility index (Phi) is 3.33. The first-order chi connectivity index (χ1) is 10.8. The average molecular weight is 297 g/mol. The maximum atomic E-state index is 12.3. The summed E-state index contributed by atoms with van der Waals surface area (Å²) < 4.78 is 7.42. The van der Waals surface area contributed by atoms with Crippen molar-refractivity contribution in [3.05, 3.63) is 41.7 Å². The van der Waals surface area contributed by atoms with Crippen LogP contribution >= 0.6 is 0 Å². The van der Waals surface area contributed by atoms with Gasteiger partial charge in [-0.05, 0) is 42.7 Å². The molecule has 4 rings (SSSR count). The molecule has 1 aromatic heterocycles. The summed E-state index contributed by atoms with van der Waals surface area (Å²) in [4.78, 5) is 12.3. The number of rotatable bonds is 3. The number of benzene rings is 1. The number of anilines is 1. The first kappa shape index (κ1) is 13.4. The van der Waals surface area contributed by atoms with Gasteiger partial charge >= 0.3 is 0 Å². The maximum absolute atomic E-state index is 12.3. The van der Waals surface area contributed by atoms with Crippen LogP contribution in [0, 0.1) is 0 Å². The van der Waals surface area contributed by atoms with E-state index >= 15 is 0 Å². The predicted octanol–water partition coefficient (Wildman–Crippen LogP) is 3.19. The lowest BCUT2D eigenvalue weighted by Gasteiger charge is -2.09. The van der Waals surface area contributed by atoms with Gasteiger partial charge in [0.1, 0.15) is 5.75 Å². The molecule has 1 aliphatic heterocycles. The lowest BCUT2D eigenvalue weighted by atomic mass is 10.1. The van der Waals surface area contributed by atoms with Crippen LogP contribution in [0.4, 0.5) is 5.69 Å². The molecular weight excluding hydrogens is 278 g/mol. The van der Waals surface area contributed by atoms with E-state index in [2.05, 4.69) is 10.4 Å². The van der Waals surface area contributed by atoms with Crippen molar-refractivity contribution in [3.8, 4) is 5.75 Å². The average Bonchev–Trinajstić information content (AvgIpc) is 3.26. The minimum absolute atomic E-state index is 0.157. The number of hydrogen-bond donors (Lipinski definition) is 1. The normalized spacial score (nSPS) is 17.3. The van der Waals surface area contributed by atoms with Crippen molar-refractivity contribution in [2.24, 2.45) is 0 Å². The van der Waals surface area contributed by atoms with E-state index in [0.29, 0.717) is 11.7 Å². The Morgan fingerprint density at radius 3 is 3.00 bits per heavy atom. The summed E-state index contributed by atoms with van der Waals surface area (Å²) in [6, 6.07) is 8.02. The van der Waals surface area contributed by atoms with Gasteiger partial charge in [0, 0.05) is 18.3 Å². The fourth-order valence-corrected chi connectivity index (χ4v) is 3.29. The first-order valence-electron chi connectivity index (χ1n) is 7.92. The molecule has 1 amide bonds. The van der Waals surface area contributed by atoms with Crippen molar-refractivity contribution in [3.63, 3.8) is 0 Å². The number of aromatic nitrogens is 2. The van der Waals surface area contributed by atoms with E-state index in [1.54, 1.807) is 6.07 Å². The molecule has 0 saturated heterocycles. The molecule has 0 atom stereocenters. The van der Waals surface area contributed by atoms with E-state index in [4.69, 9.17) is 4.74 Å². The second kappa shape index (κ2) is 5.48. The van der Waals surface area contributed by atoms with Crippen LogP contribution in [0.1, 0.15) is 47.8 Å². The largest absolute Gasteiger partial charge is 0.493 e. The smallest absolute Gasteiger partial charge is 0.276 e. The van der Waals surface area contributed by atoms with Crippen LogP contribution in [0.25, 0.3) is 0 Å². The molecule has 2 heterocycles. The topological polar surface area (TPSA) is 56.1 Å². The Morgan fingerprint density at radius 1 is 1.27 bits per heavy atom. The molecule has 1 saturated carbocycles. The number of carbonyl (C=O) groups is 1. The highest BCUT2D eigenvalue weighted by Crippen LogP contribution is 2.29. The molecule has 114 valence electrons. The highest BCUT2D eigenvalue weighted by Gasteiger charge is 2.19. The molecule has 5 nitrogen and oxygen atoms in total. The molecule has 1 N–H and O–H groups in total. The van der Waals surface area contributed by atoms with Gasteiger partial charge in [-0.2, -0.15) is 5.10 Å². The van der Waals surface area contributed by atoms with Crippen LogP contribution in [0.15, 0.2) is 30.5 Å². The third-order valence-corrected chi connectivity index (χ3v) is 4.49. The van der Waals surface area contributed by atoms with Crippen molar-refractivity contribution in [1.82, 2.24) is 9.78 Å². The van der Waals surface area contributed by atoms with E-state index in [1.807, 2.05) is 29.1 Å². The quantitative estimate of drug-likeness (QED) is 0.946. The number of carbonyl (C=O) groups excluding carboxylic acids is 1. The second-order valence-corrected chi connectivity index (χ2v) is 5.99. The first-order valence-corrected chi connectivity index (χ1v) is 7.92. The van der Waals surface area contributed by atoms with Crippen molar-refractivity contribution < 1.29 is 9.53 Å². The van der Waals surface area contributed by atoms with Gasteiger partial charge in [-0.15, -0.1) is 0 Å². The minimum Gasteiger partial charge on any atom is -0.493 e. The van der Waals surface area contributed by atoms with E-state index in [-0.39, 0.29) is 5.91 Å². The number of hydrogen-bond acceptors (Lipinski definition) is 3. The molecule has 1 aliphatic carbocycles. The summed E-state index contributed by atoms with van der Waals surface area (Å²) in [6.45, 7) is 0.721. The SMILES string of the molecule is O=C(Nc1ccc2c(c1)CCO2)c1ccn(C2CCCC2)n1. The molecule has 1 aromatic carbocycles. The molecule has 0 radical (unpaired) electrons. The Bertz CT molecular complexity index is 702. The zero-order valence-corrected chi connectivity index (χ0v) is 12.4. The number of nitrogens with zero attached hydrogens (tertiary/aromatic N) is 2. The fraction of sp³-hybridized carbons (Fsp3) is 0.412. The summed E-state index contributed by atoms with van der Waals surface area (Å²) in [5.74, 6) is 0.763. The number of nitrogens with one attached hydrogen (secondary N) is 1. The zero-order chi connectivity index (χ0) is 14.9. The van der Waals surface area contributed by atoms with Crippen molar-refractivity contribution in [2.75, 3.05) is 11.9 Å². The Hall–Kier alpha value is -2.30. The van der Waals surface area contributed by atoms with Gasteiger partial charge in [0.05, 0.1) is 12.6 Å². The van der Waals surface area contributed by atoms with Gasteiger partial charge in [0.15, 0.2) is 5.69 Å². The van der Waals surface area contributed by atoms with Crippen molar-refractivity contribution in [1.29, 1.82) is 0 Å². The molecule has 2 aliphatic rings. The second-order valence-electron chi connectivity index (χ2n) is 5.99. The predicted molar refractivity (Wildman–Crippen MR) is 83.3 cm³/mol. The van der Waals surface area contributed by atoms with Crippen LogP contribution < -0.4 is 10.1 Å². The van der Waals surface area contributed by atoms with E-state index < -0.39 is 0 Å². The molecule has 0 spiro atoms. The third kappa shape index (κ3) is 2.47. The number of ether oxygens (including phenoxy) is 1.